The molecule has 9 nitrogen and oxygen atoms in total. The molecule has 0 bridgehead atoms. The molecule has 38 heavy (non-hydrogen) atoms. The molecule has 1 amide bonds. The smallest absolute Gasteiger partial charge is 0.255 e. The Labute approximate surface area is 221 Å². The second-order valence-corrected chi connectivity index (χ2v) is 9.33. The second kappa shape index (κ2) is 9.88. The number of hydrogen-bond donors (Lipinski definition) is 3. The molecule has 0 aliphatic carbocycles. The molecule has 188 valence electrons. The Morgan fingerprint density at radius 3 is 2.76 bits per heavy atom. The maximum atomic E-state index is 14.7. The van der Waals surface area contributed by atoms with Gasteiger partial charge in [0, 0.05) is 28.0 Å². The van der Waals surface area contributed by atoms with Gasteiger partial charge in [-0.1, -0.05) is 11.6 Å². The Balaban J connectivity index is 1.43. The number of carbonyl (C=O) groups excluding carboxylic acids is 1. The minimum absolute atomic E-state index is 0.0368. The van der Waals surface area contributed by atoms with Crippen molar-refractivity contribution in [3.05, 3.63) is 89.3 Å². The van der Waals surface area contributed by atoms with E-state index in [-0.39, 0.29) is 11.3 Å². The molecular weight excluding hydrogens is 507 g/mol. The average molecular weight is 527 g/mol. The summed E-state index contributed by atoms with van der Waals surface area (Å²) in [6.07, 6.45) is 4.58. The molecule has 2 aromatic carbocycles. The highest BCUT2D eigenvalue weighted by molar-refractivity contribution is 6.31. The summed E-state index contributed by atoms with van der Waals surface area (Å²) >= 11 is 6.26. The quantitative estimate of drug-likeness (QED) is 0.247. The van der Waals surface area contributed by atoms with Crippen molar-refractivity contribution < 1.29 is 9.18 Å². The summed E-state index contributed by atoms with van der Waals surface area (Å²) in [7, 11) is 0. The Morgan fingerprint density at radius 1 is 1.11 bits per heavy atom. The molecule has 5 rings (SSSR count). The first-order valence-electron chi connectivity index (χ1n) is 11.5. The van der Waals surface area contributed by atoms with Crippen molar-refractivity contribution in [2.75, 3.05) is 10.6 Å². The van der Waals surface area contributed by atoms with Gasteiger partial charge in [0.25, 0.3) is 5.91 Å². The van der Waals surface area contributed by atoms with Crippen LogP contribution >= 0.6 is 11.6 Å². The van der Waals surface area contributed by atoms with E-state index in [0.717, 1.165) is 0 Å². The molecule has 0 radical (unpaired) electrons. The molecule has 0 saturated heterocycles. The molecular formula is C27H20ClFN8O. The summed E-state index contributed by atoms with van der Waals surface area (Å²) in [6.45, 7) is 3.41. The van der Waals surface area contributed by atoms with E-state index >= 15 is 0 Å². The normalized spacial score (nSPS) is 11.2. The highest BCUT2D eigenvalue weighted by atomic mass is 35.5. The van der Waals surface area contributed by atoms with Crippen LogP contribution in [0.25, 0.3) is 22.4 Å². The minimum Gasteiger partial charge on any atom is -0.340 e. The van der Waals surface area contributed by atoms with Gasteiger partial charge < -0.3 is 15.6 Å². The van der Waals surface area contributed by atoms with E-state index in [9.17, 15) is 14.4 Å². The zero-order valence-corrected chi connectivity index (χ0v) is 21.0. The van der Waals surface area contributed by atoms with Crippen LogP contribution in [0.4, 0.5) is 21.6 Å². The molecule has 0 fully saturated rings. The average Bonchev–Trinajstić information content (AvgIpc) is 3.40. The number of halogens is 2. The summed E-state index contributed by atoms with van der Waals surface area (Å²) in [6, 6.07) is 14.6. The molecule has 5 aromatic rings. The lowest BCUT2D eigenvalue weighted by molar-refractivity contribution is 0.102. The van der Waals surface area contributed by atoms with Crippen LogP contribution in [-0.4, -0.2) is 30.8 Å². The third kappa shape index (κ3) is 4.75. The Hall–Kier alpha value is -4.88. The Kier molecular flexibility index (Phi) is 6.45. The van der Waals surface area contributed by atoms with Crippen LogP contribution in [0, 0.1) is 17.1 Å². The predicted octanol–water partition coefficient (Wildman–Crippen LogP) is 6.00. The van der Waals surface area contributed by atoms with Crippen LogP contribution in [0.5, 0.6) is 0 Å². The number of fused-ring (bicyclic) bond motifs is 1. The molecule has 0 atom stereocenters. The number of amides is 1. The number of aromatic amines is 1. The number of rotatable bonds is 6. The summed E-state index contributed by atoms with van der Waals surface area (Å²) in [5.74, 6) is -0.709. The SMILES string of the molecule is CC(C)(C#N)c1cc(C(=O)Nc2cc(Nc3ncccc3-c3ncnc4[nH]cnc34)ccc2F)ccc1Cl. The summed E-state index contributed by atoms with van der Waals surface area (Å²) < 4.78 is 14.7. The second-order valence-electron chi connectivity index (χ2n) is 8.93. The highest BCUT2D eigenvalue weighted by Gasteiger charge is 2.24. The van der Waals surface area contributed by atoms with Crippen molar-refractivity contribution in [2.24, 2.45) is 0 Å². The maximum absolute atomic E-state index is 14.7. The minimum atomic E-state index is -0.909. The topological polar surface area (TPSA) is 132 Å². The predicted molar refractivity (Wildman–Crippen MR) is 143 cm³/mol. The lowest BCUT2D eigenvalue weighted by atomic mass is 9.85. The van der Waals surface area contributed by atoms with E-state index in [1.165, 1.54) is 36.9 Å². The number of pyridine rings is 1. The number of aromatic nitrogens is 5. The standard InChI is InChI=1S/C27H20ClFN8O/c1-27(2,12-30)18-10-15(5-7-19(18)28)26(38)37-21-11-16(6-8-20(21)29)36-24-17(4-3-9-31-24)22-23-25(34-13-32-22)35-14-33-23/h3-11,13-14H,1-2H3,(H,31,36)(H,37,38)(H,32,33,34,35). The van der Waals surface area contributed by atoms with Crippen LogP contribution < -0.4 is 10.6 Å². The number of carbonyl (C=O) groups is 1. The molecule has 0 saturated carbocycles. The number of imidazole rings is 1. The first-order chi connectivity index (χ1) is 18.3. The number of hydrogen-bond acceptors (Lipinski definition) is 7. The van der Waals surface area contributed by atoms with E-state index in [0.29, 0.717) is 44.5 Å². The first-order valence-corrected chi connectivity index (χ1v) is 11.8. The monoisotopic (exact) mass is 526 g/mol. The lowest BCUT2D eigenvalue weighted by Crippen LogP contribution is -2.18. The Bertz CT molecular complexity index is 1730. The van der Waals surface area contributed by atoms with E-state index in [2.05, 4.69) is 41.6 Å². The van der Waals surface area contributed by atoms with Gasteiger partial charge in [-0.05, 0) is 67.9 Å². The number of nitrogens with zero attached hydrogens (tertiary/aromatic N) is 5. The summed E-state index contributed by atoms with van der Waals surface area (Å²) in [5.41, 5.74) is 2.68. The largest absolute Gasteiger partial charge is 0.340 e. The van der Waals surface area contributed by atoms with Crippen LogP contribution in [0.2, 0.25) is 5.02 Å². The molecule has 0 spiro atoms. The van der Waals surface area contributed by atoms with Gasteiger partial charge >= 0.3 is 0 Å². The fraction of sp³-hybridized carbons (Fsp3) is 0.111. The van der Waals surface area contributed by atoms with E-state index < -0.39 is 17.1 Å². The van der Waals surface area contributed by atoms with Crippen LogP contribution in [-0.2, 0) is 5.41 Å². The summed E-state index contributed by atoms with van der Waals surface area (Å²) in [5, 5.41) is 15.6. The molecule has 3 aromatic heterocycles. The number of H-pyrrole nitrogens is 1. The molecule has 11 heteroatoms. The van der Waals surface area contributed by atoms with Crippen molar-refractivity contribution in [1.82, 2.24) is 24.9 Å². The van der Waals surface area contributed by atoms with Crippen molar-refractivity contribution in [1.29, 1.82) is 5.26 Å². The van der Waals surface area contributed by atoms with Gasteiger partial charge in [0.15, 0.2) is 5.65 Å². The van der Waals surface area contributed by atoms with Crippen LogP contribution in [0.1, 0.15) is 29.8 Å². The van der Waals surface area contributed by atoms with Crippen molar-refractivity contribution >= 4 is 45.9 Å². The van der Waals surface area contributed by atoms with Crippen LogP contribution in [0.15, 0.2) is 67.4 Å². The maximum Gasteiger partial charge on any atom is 0.255 e. The van der Waals surface area contributed by atoms with Crippen molar-refractivity contribution in [3.63, 3.8) is 0 Å². The third-order valence-corrected chi connectivity index (χ3v) is 6.27. The lowest BCUT2D eigenvalue weighted by Gasteiger charge is -2.18. The van der Waals surface area contributed by atoms with E-state index in [4.69, 9.17) is 11.6 Å². The molecule has 3 N–H and O–H groups in total. The summed E-state index contributed by atoms with van der Waals surface area (Å²) in [4.78, 5) is 33.2. The van der Waals surface area contributed by atoms with Crippen molar-refractivity contribution in [2.45, 2.75) is 19.3 Å². The highest BCUT2D eigenvalue weighted by Crippen LogP contribution is 2.32. The van der Waals surface area contributed by atoms with Gasteiger partial charge in [0.05, 0.1) is 23.5 Å². The fourth-order valence-corrected chi connectivity index (χ4v) is 4.25. The number of nitrogens with one attached hydrogen (secondary N) is 3. The van der Waals surface area contributed by atoms with Gasteiger partial charge in [0.2, 0.25) is 0 Å². The van der Waals surface area contributed by atoms with E-state index in [1.54, 1.807) is 38.2 Å². The molecule has 3 heterocycles. The Morgan fingerprint density at radius 2 is 1.95 bits per heavy atom. The first kappa shape index (κ1) is 24.8. The van der Waals surface area contributed by atoms with Crippen molar-refractivity contribution in [3.8, 4) is 17.3 Å². The molecule has 0 aliphatic rings. The molecule has 0 unspecified atom stereocenters. The number of nitriles is 1. The third-order valence-electron chi connectivity index (χ3n) is 5.94. The van der Waals surface area contributed by atoms with E-state index in [1.807, 2.05) is 6.07 Å². The van der Waals surface area contributed by atoms with Gasteiger partial charge in [-0.25, -0.2) is 24.3 Å². The molecule has 0 aliphatic heterocycles. The van der Waals surface area contributed by atoms with Gasteiger partial charge in [-0.15, -0.1) is 0 Å². The number of anilines is 3. The number of benzene rings is 2. The zero-order chi connectivity index (χ0) is 26.9. The van der Waals surface area contributed by atoms with Gasteiger partial charge in [-0.3, -0.25) is 4.79 Å². The zero-order valence-electron chi connectivity index (χ0n) is 20.3. The van der Waals surface area contributed by atoms with Gasteiger partial charge in [0.1, 0.15) is 29.2 Å². The van der Waals surface area contributed by atoms with Crippen LogP contribution in [0.3, 0.4) is 0 Å². The fourth-order valence-electron chi connectivity index (χ4n) is 3.89. The van der Waals surface area contributed by atoms with Gasteiger partial charge in [-0.2, -0.15) is 5.26 Å².